The lowest BCUT2D eigenvalue weighted by Crippen LogP contribution is -2.43. The molecule has 1 saturated heterocycles. The van der Waals surface area contributed by atoms with Crippen LogP contribution in [0.1, 0.15) is 24.1 Å². The molecule has 1 aromatic heterocycles. The smallest absolute Gasteiger partial charge is 0.0888 e. The van der Waals surface area contributed by atoms with E-state index in [-0.39, 0.29) is 5.41 Å². The minimum absolute atomic E-state index is 0.0836. The molecular formula is C24H25ClN2O. The Balaban J connectivity index is 1.45. The van der Waals surface area contributed by atoms with Crippen LogP contribution in [-0.2, 0) is 16.8 Å². The lowest BCUT2D eigenvalue weighted by molar-refractivity contribution is 0.0549. The second-order valence-corrected chi connectivity index (χ2v) is 7.85. The fraction of sp³-hybridized carbons (Fsp3) is 0.292. The van der Waals surface area contributed by atoms with Crippen molar-refractivity contribution in [2.45, 2.75) is 24.9 Å². The quantitative estimate of drug-likeness (QED) is 0.622. The van der Waals surface area contributed by atoms with Crippen molar-refractivity contribution in [2.75, 3.05) is 19.7 Å². The van der Waals surface area contributed by atoms with Crippen LogP contribution in [0.25, 0.3) is 11.3 Å². The maximum atomic E-state index is 6.22. The molecule has 28 heavy (non-hydrogen) atoms. The highest BCUT2D eigenvalue weighted by atomic mass is 35.5. The SMILES string of the molecule is Clc1ccc(-c2cccc(COCC3(c4ccccc4)CCNCC3)n2)cc1. The van der Waals surface area contributed by atoms with Gasteiger partial charge in [-0.3, -0.25) is 4.98 Å². The molecule has 144 valence electrons. The molecule has 3 nitrogen and oxygen atoms in total. The third kappa shape index (κ3) is 4.44. The number of benzene rings is 2. The van der Waals surface area contributed by atoms with Crippen molar-refractivity contribution in [1.29, 1.82) is 0 Å². The van der Waals surface area contributed by atoms with Gasteiger partial charge in [0.05, 0.1) is 24.6 Å². The van der Waals surface area contributed by atoms with E-state index in [2.05, 4.69) is 35.6 Å². The van der Waals surface area contributed by atoms with Gasteiger partial charge in [-0.25, -0.2) is 0 Å². The number of hydrogen-bond donors (Lipinski definition) is 1. The van der Waals surface area contributed by atoms with Gasteiger partial charge in [0.15, 0.2) is 0 Å². The van der Waals surface area contributed by atoms with Gasteiger partial charge in [0.25, 0.3) is 0 Å². The van der Waals surface area contributed by atoms with Gasteiger partial charge in [-0.2, -0.15) is 0 Å². The van der Waals surface area contributed by atoms with Crippen molar-refractivity contribution in [1.82, 2.24) is 10.3 Å². The number of hydrogen-bond acceptors (Lipinski definition) is 3. The summed E-state index contributed by atoms with van der Waals surface area (Å²) in [6.07, 6.45) is 2.19. The summed E-state index contributed by atoms with van der Waals surface area (Å²) in [6, 6.07) is 24.6. The highest BCUT2D eigenvalue weighted by Gasteiger charge is 2.34. The van der Waals surface area contributed by atoms with Crippen LogP contribution < -0.4 is 5.32 Å². The van der Waals surface area contributed by atoms with E-state index in [1.807, 2.05) is 42.5 Å². The molecule has 1 N–H and O–H groups in total. The van der Waals surface area contributed by atoms with Crippen LogP contribution in [0.15, 0.2) is 72.8 Å². The molecule has 3 aromatic rings. The number of ether oxygens (including phenoxy) is 1. The number of rotatable bonds is 6. The minimum atomic E-state index is 0.0836. The molecule has 0 atom stereocenters. The van der Waals surface area contributed by atoms with E-state index in [1.54, 1.807) is 0 Å². The zero-order valence-corrected chi connectivity index (χ0v) is 16.7. The third-order valence-electron chi connectivity index (χ3n) is 5.52. The van der Waals surface area contributed by atoms with Crippen molar-refractivity contribution < 1.29 is 4.74 Å². The Bertz CT molecular complexity index is 890. The van der Waals surface area contributed by atoms with Crippen molar-refractivity contribution in [3.8, 4) is 11.3 Å². The zero-order chi connectivity index (χ0) is 19.2. The van der Waals surface area contributed by atoms with Crippen LogP contribution in [0.5, 0.6) is 0 Å². The number of piperidine rings is 1. The summed E-state index contributed by atoms with van der Waals surface area (Å²) < 4.78 is 6.22. The first-order chi connectivity index (χ1) is 13.8. The Labute approximate surface area is 171 Å². The van der Waals surface area contributed by atoms with E-state index in [1.165, 1.54) is 5.56 Å². The van der Waals surface area contributed by atoms with E-state index < -0.39 is 0 Å². The number of pyridine rings is 1. The van der Waals surface area contributed by atoms with Gasteiger partial charge in [0.2, 0.25) is 0 Å². The topological polar surface area (TPSA) is 34.1 Å². The summed E-state index contributed by atoms with van der Waals surface area (Å²) in [4.78, 5) is 4.77. The molecule has 1 fully saturated rings. The number of nitrogens with zero attached hydrogens (tertiary/aromatic N) is 1. The number of nitrogens with one attached hydrogen (secondary N) is 1. The normalized spacial score (nSPS) is 16.0. The monoisotopic (exact) mass is 392 g/mol. The van der Waals surface area contributed by atoms with Gasteiger partial charge in [-0.15, -0.1) is 0 Å². The van der Waals surface area contributed by atoms with Gasteiger partial charge in [0.1, 0.15) is 0 Å². The standard InChI is InChI=1S/C24H25ClN2O/c25-21-11-9-19(10-12-21)23-8-4-7-22(27-23)17-28-18-24(13-15-26-16-14-24)20-5-2-1-3-6-20/h1-12,26H,13-18H2. The average Bonchev–Trinajstić information content (AvgIpc) is 2.76. The summed E-state index contributed by atoms with van der Waals surface area (Å²) in [6.45, 7) is 3.29. The van der Waals surface area contributed by atoms with Gasteiger partial charge in [0, 0.05) is 16.0 Å². The molecule has 4 heteroatoms. The Kier molecular flexibility index (Phi) is 6.06. The summed E-state index contributed by atoms with van der Waals surface area (Å²) in [5.74, 6) is 0. The van der Waals surface area contributed by atoms with Crippen molar-refractivity contribution in [3.05, 3.63) is 89.1 Å². The molecular weight excluding hydrogens is 368 g/mol. The van der Waals surface area contributed by atoms with E-state index in [0.29, 0.717) is 13.2 Å². The third-order valence-corrected chi connectivity index (χ3v) is 5.77. The molecule has 0 amide bonds. The van der Waals surface area contributed by atoms with Crippen molar-refractivity contribution in [2.24, 2.45) is 0 Å². The Morgan fingerprint density at radius 2 is 1.64 bits per heavy atom. The minimum Gasteiger partial charge on any atom is -0.374 e. The molecule has 0 bridgehead atoms. The highest BCUT2D eigenvalue weighted by Crippen LogP contribution is 2.34. The summed E-state index contributed by atoms with van der Waals surface area (Å²) in [7, 11) is 0. The molecule has 4 rings (SSSR count). The summed E-state index contributed by atoms with van der Waals surface area (Å²) in [5, 5.41) is 4.20. The number of halogens is 1. The predicted molar refractivity (Wildman–Crippen MR) is 115 cm³/mol. The first kappa shape index (κ1) is 19.1. The van der Waals surface area contributed by atoms with Crippen molar-refractivity contribution in [3.63, 3.8) is 0 Å². The van der Waals surface area contributed by atoms with Gasteiger partial charge in [-0.1, -0.05) is 60.1 Å². The Morgan fingerprint density at radius 3 is 2.39 bits per heavy atom. The molecule has 2 aromatic carbocycles. The highest BCUT2D eigenvalue weighted by molar-refractivity contribution is 6.30. The molecule has 1 aliphatic heterocycles. The van der Waals surface area contributed by atoms with Crippen LogP contribution in [0.4, 0.5) is 0 Å². The van der Waals surface area contributed by atoms with Gasteiger partial charge in [-0.05, 0) is 55.8 Å². The first-order valence-corrected chi connectivity index (χ1v) is 10.2. The maximum absolute atomic E-state index is 6.22. The maximum Gasteiger partial charge on any atom is 0.0888 e. The van der Waals surface area contributed by atoms with Crippen LogP contribution in [0, 0.1) is 0 Å². The first-order valence-electron chi connectivity index (χ1n) is 9.81. The van der Waals surface area contributed by atoms with Gasteiger partial charge < -0.3 is 10.1 Å². The second-order valence-electron chi connectivity index (χ2n) is 7.41. The fourth-order valence-corrected chi connectivity index (χ4v) is 4.03. The molecule has 2 heterocycles. The molecule has 0 aliphatic carbocycles. The van der Waals surface area contributed by atoms with E-state index >= 15 is 0 Å². The molecule has 0 saturated carbocycles. The largest absolute Gasteiger partial charge is 0.374 e. The summed E-state index contributed by atoms with van der Waals surface area (Å²) in [5.41, 5.74) is 4.41. The van der Waals surface area contributed by atoms with Gasteiger partial charge >= 0.3 is 0 Å². The fourth-order valence-electron chi connectivity index (χ4n) is 3.91. The Hall–Kier alpha value is -2.20. The van der Waals surface area contributed by atoms with Crippen LogP contribution in [0.2, 0.25) is 5.02 Å². The Morgan fingerprint density at radius 1 is 0.893 bits per heavy atom. The lowest BCUT2D eigenvalue weighted by Gasteiger charge is -2.38. The molecule has 0 radical (unpaired) electrons. The number of aromatic nitrogens is 1. The van der Waals surface area contributed by atoms with Crippen LogP contribution in [0.3, 0.4) is 0 Å². The molecule has 0 spiro atoms. The zero-order valence-electron chi connectivity index (χ0n) is 15.9. The van der Waals surface area contributed by atoms with Crippen LogP contribution >= 0.6 is 11.6 Å². The van der Waals surface area contributed by atoms with E-state index in [0.717, 1.165) is 47.9 Å². The lowest BCUT2D eigenvalue weighted by atomic mass is 9.74. The van der Waals surface area contributed by atoms with Crippen LogP contribution in [-0.4, -0.2) is 24.7 Å². The van der Waals surface area contributed by atoms with Crippen molar-refractivity contribution >= 4 is 11.6 Å². The predicted octanol–water partition coefficient (Wildman–Crippen LogP) is 5.24. The van der Waals surface area contributed by atoms with E-state index in [9.17, 15) is 0 Å². The van der Waals surface area contributed by atoms with E-state index in [4.69, 9.17) is 21.3 Å². The summed E-state index contributed by atoms with van der Waals surface area (Å²) >= 11 is 5.99. The second kappa shape index (κ2) is 8.87. The average molecular weight is 393 g/mol. The molecule has 0 unspecified atom stereocenters. The molecule has 1 aliphatic rings.